The fourth-order valence-electron chi connectivity index (χ4n) is 7.13. The molecule has 6 aromatic carbocycles. The lowest BCUT2D eigenvalue weighted by molar-refractivity contribution is -0.378. The van der Waals surface area contributed by atoms with Gasteiger partial charge in [0.05, 0.1) is 33.0 Å². The maximum atomic E-state index is 13.2. The Hall–Kier alpha value is -4.57. The van der Waals surface area contributed by atoms with E-state index in [0.717, 1.165) is 33.4 Å². The highest BCUT2D eigenvalue weighted by Crippen LogP contribution is 2.42. The molecule has 1 aliphatic rings. The molecule has 0 saturated carbocycles. The van der Waals surface area contributed by atoms with Gasteiger partial charge in [-0.2, -0.15) is 0 Å². The van der Waals surface area contributed by atoms with Crippen molar-refractivity contribution >= 4 is 11.8 Å². The van der Waals surface area contributed by atoms with Crippen LogP contribution in [0.2, 0.25) is 0 Å². The monoisotopic (exact) mass is 766 g/mol. The standard InChI is InChI=1S/C49H50O6S/c1-36-23-26-43(30-42(36)29-37-24-27-44(56-2)28-25-37)49(50)48(54-34-41-21-13-6-14-22-41)47(53-33-40-19-11-5-12-20-40)46(52-32-39-17-9-4-10-18-39)45(55-49)35-51-31-38-15-7-3-8-16-38/h3-28,30,45-48,50H,29,31-35H2,1-2H3. The SMILES string of the molecule is CSc1ccc(Cc2cc(C3(O)OC(COCc4ccccc4)C(OCc4ccccc4)C(OCc4ccccc4)C3OCc3ccccc3)ccc2C)cc1. The zero-order valence-corrected chi connectivity index (χ0v) is 32.9. The normalized spacial score (nSPS) is 20.8. The molecule has 0 radical (unpaired) electrons. The summed E-state index contributed by atoms with van der Waals surface area (Å²) < 4.78 is 33.9. The molecule has 0 aromatic heterocycles. The molecule has 5 unspecified atom stereocenters. The van der Waals surface area contributed by atoms with Crippen LogP contribution in [-0.2, 0) is 62.3 Å². The van der Waals surface area contributed by atoms with Gasteiger partial charge >= 0.3 is 0 Å². The second-order valence-electron chi connectivity index (χ2n) is 14.3. The predicted molar refractivity (Wildman–Crippen MR) is 222 cm³/mol. The molecular formula is C49H50O6S. The summed E-state index contributed by atoms with van der Waals surface area (Å²) in [6, 6.07) is 54.8. The highest BCUT2D eigenvalue weighted by atomic mass is 32.2. The molecule has 0 amide bonds. The van der Waals surface area contributed by atoms with E-state index in [1.54, 1.807) is 11.8 Å². The van der Waals surface area contributed by atoms with Crippen molar-refractivity contribution in [1.82, 2.24) is 0 Å². The Bertz CT molecular complexity index is 2060. The number of hydrogen-bond acceptors (Lipinski definition) is 7. The lowest BCUT2D eigenvalue weighted by Crippen LogP contribution is -2.65. The van der Waals surface area contributed by atoms with Gasteiger partial charge in [0, 0.05) is 10.5 Å². The molecule has 288 valence electrons. The van der Waals surface area contributed by atoms with Crippen molar-refractivity contribution < 1.29 is 28.8 Å². The molecule has 6 nitrogen and oxygen atoms in total. The Balaban J connectivity index is 1.29. The van der Waals surface area contributed by atoms with E-state index >= 15 is 0 Å². The summed E-state index contributed by atoms with van der Waals surface area (Å²) >= 11 is 1.72. The van der Waals surface area contributed by atoms with E-state index in [0.29, 0.717) is 25.2 Å². The average molecular weight is 767 g/mol. The number of aryl methyl sites for hydroxylation is 1. The maximum absolute atomic E-state index is 13.2. The molecule has 7 heteroatoms. The third-order valence-corrected chi connectivity index (χ3v) is 11.0. The van der Waals surface area contributed by atoms with Crippen molar-refractivity contribution in [3.05, 3.63) is 208 Å². The Morgan fingerprint density at radius 1 is 0.571 bits per heavy atom. The van der Waals surface area contributed by atoms with Crippen LogP contribution >= 0.6 is 11.8 Å². The van der Waals surface area contributed by atoms with E-state index in [4.69, 9.17) is 23.7 Å². The van der Waals surface area contributed by atoms with Gasteiger partial charge in [-0.3, -0.25) is 0 Å². The van der Waals surface area contributed by atoms with Crippen molar-refractivity contribution in [2.75, 3.05) is 12.9 Å². The van der Waals surface area contributed by atoms with Crippen LogP contribution in [0.15, 0.2) is 169 Å². The van der Waals surface area contributed by atoms with Crippen molar-refractivity contribution in [2.24, 2.45) is 0 Å². The first-order valence-electron chi connectivity index (χ1n) is 19.2. The second-order valence-corrected chi connectivity index (χ2v) is 15.1. The summed E-state index contributed by atoms with van der Waals surface area (Å²) in [5, 5.41) is 13.2. The van der Waals surface area contributed by atoms with Gasteiger partial charge in [0.15, 0.2) is 0 Å². The highest BCUT2D eigenvalue weighted by Gasteiger charge is 2.57. The van der Waals surface area contributed by atoms with Crippen LogP contribution in [0.5, 0.6) is 0 Å². The molecule has 56 heavy (non-hydrogen) atoms. The van der Waals surface area contributed by atoms with E-state index in [1.165, 1.54) is 10.5 Å². The molecule has 1 aliphatic heterocycles. The minimum absolute atomic E-state index is 0.147. The number of hydrogen-bond donors (Lipinski definition) is 1. The molecular weight excluding hydrogens is 717 g/mol. The van der Waals surface area contributed by atoms with Crippen LogP contribution in [0.3, 0.4) is 0 Å². The Morgan fingerprint density at radius 3 is 1.61 bits per heavy atom. The Kier molecular flexibility index (Phi) is 13.8. The topological polar surface area (TPSA) is 66.4 Å². The van der Waals surface area contributed by atoms with Gasteiger partial charge in [0.25, 0.3) is 0 Å². The minimum atomic E-state index is -1.94. The number of ether oxygens (including phenoxy) is 5. The van der Waals surface area contributed by atoms with Crippen molar-refractivity contribution in [3.8, 4) is 0 Å². The van der Waals surface area contributed by atoms with Crippen LogP contribution in [0.25, 0.3) is 0 Å². The predicted octanol–water partition coefficient (Wildman–Crippen LogP) is 9.82. The largest absolute Gasteiger partial charge is 0.374 e. The van der Waals surface area contributed by atoms with Gasteiger partial charge in [0.2, 0.25) is 5.79 Å². The lowest BCUT2D eigenvalue weighted by Gasteiger charge is -2.50. The van der Waals surface area contributed by atoms with E-state index in [2.05, 4.69) is 49.6 Å². The first-order chi connectivity index (χ1) is 27.5. The van der Waals surface area contributed by atoms with Crippen LogP contribution < -0.4 is 0 Å². The summed E-state index contributed by atoms with van der Waals surface area (Å²) in [6.45, 7) is 3.43. The smallest absolute Gasteiger partial charge is 0.222 e. The molecule has 7 rings (SSSR count). The second kappa shape index (κ2) is 19.5. The minimum Gasteiger partial charge on any atom is -0.374 e. The van der Waals surface area contributed by atoms with E-state index < -0.39 is 30.2 Å². The third kappa shape index (κ3) is 10.2. The number of thioether (sulfide) groups is 1. The van der Waals surface area contributed by atoms with Crippen LogP contribution in [0.1, 0.15) is 44.5 Å². The first kappa shape index (κ1) is 39.7. The molecule has 1 N–H and O–H groups in total. The zero-order valence-electron chi connectivity index (χ0n) is 32.0. The number of benzene rings is 6. The Morgan fingerprint density at radius 2 is 1.07 bits per heavy atom. The fraction of sp³-hybridized carbons (Fsp3) is 0.265. The number of aliphatic hydroxyl groups is 1. The highest BCUT2D eigenvalue weighted by molar-refractivity contribution is 7.98. The van der Waals surface area contributed by atoms with Gasteiger partial charge in [-0.25, -0.2) is 0 Å². The van der Waals surface area contributed by atoms with E-state index in [9.17, 15) is 5.11 Å². The van der Waals surface area contributed by atoms with Gasteiger partial charge in [-0.05, 0) is 76.7 Å². The average Bonchev–Trinajstić information content (AvgIpc) is 3.24. The molecule has 0 spiro atoms. The van der Waals surface area contributed by atoms with Gasteiger partial charge < -0.3 is 28.8 Å². The molecule has 1 fully saturated rings. The number of rotatable bonds is 17. The van der Waals surface area contributed by atoms with Crippen molar-refractivity contribution in [1.29, 1.82) is 0 Å². The molecule has 5 atom stereocenters. The Labute approximate surface area is 335 Å². The molecule has 6 aromatic rings. The summed E-state index contributed by atoms with van der Waals surface area (Å²) in [5.74, 6) is -1.94. The van der Waals surface area contributed by atoms with Crippen LogP contribution in [0, 0.1) is 6.92 Å². The first-order valence-corrected chi connectivity index (χ1v) is 20.4. The summed E-state index contributed by atoms with van der Waals surface area (Å²) in [5.41, 5.74) is 7.97. The quantitative estimate of drug-likeness (QED) is 0.0928. The van der Waals surface area contributed by atoms with Gasteiger partial charge in [-0.15, -0.1) is 11.8 Å². The molecule has 0 aliphatic carbocycles. The van der Waals surface area contributed by atoms with Crippen molar-refractivity contribution in [3.63, 3.8) is 0 Å². The van der Waals surface area contributed by atoms with Gasteiger partial charge in [0.1, 0.15) is 24.4 Å². The fourth-order valence-corrected chi connectivity index (χ4v) is 7.54. The maximum Gasteiger partial charge on any atom is 0.222 e. The summed E-state index contributed by atoms with van der Waals surface area (Å²) in [7, 11) is 0. The van der Waals surface area contributed by atoms with E-state index in [-0.39, 0.29) is 19.8 Å². The van der Waals surface area contributed by atoms with Crippen molar-refractivity contribution in [2.45, 2.75) is 74.9 Å². The third-order valence-electron chi connectivity index (χ3n) is 10.3. The molecule has 0 bridgehead atoms. The zero-order chi connectivity index (χ0) is 38.6. The van der Waals surface area contributed by atoms with E-state index in [1.807, 2.05) is 127 Å². The van der Waals surface area contributed by atoms with Crippen LogP contribution in [0.4, 0.5) is 0 Å². The molecule has 1 heterocycles. The van der Waals surface area contributed by atoms with Gasteiger partial charge in [-0.1, -0.05) is 146 Å². The lowest BCUT2D eigenvalue weighted by atomic mass is 9.85. The summed E-state index contributed by atoms with van der Waals surface area (Å²) in [4.78, 5) is 1.22. The summed E-state index contributed by atoms with van der Waals surface area (Å²) in [6.07, 6.45) is -0.383. The molecule has 1 saturated heterocycles. The van der Waals surface area contributed by atoms with Crippen LogP contribution in [-0.4, -0.2) is 42.4 Å².